The number of hydrogen-bond acceptors (Lipinski definition) is 1. The molecule has 0 radical (unpaired) electrons. The van der Waals surface area contributed by atoms with E-state index in [1.165, 1.54) is 55.7 Å². The molecule has 0 spiro atoms. The highest BCUT2D eigenvalue weighted by molar-refractivity contribution is 5.90. The summed E-state index contributed by atoms with van der Waals surface area (Å²) in [5.41, 5.74) is 14.2. The fraction of sp³-hybridized carbons (Fsp3) is 0.227. The van der Waals surface area contributed by atoms with Gasteiger partial charge in [0.15, 0.2) is 0 Å². The van der Waals surface area contributed by atoms with Gasteiger partial charge in [0.2, 0.25) is 0 Å². The average Bonchev–Trinajstić information content (AvgIpc) is 3.61. The number of hydrogen-bond donors (Lipinski definition) is 0. The predicted octanol–water partition coefficient (Wildman–Crippen LogP) is 12.1. The Morgan fingerprint density at radius 1 is 0.447 bits per heavy atom. The summed E-state index contributed by atoms with van der Waals surface area (Å²) in [5.74, 6) is 0. The molecule has 3 heteroatoms. The van der Waals surface area contributed by atoms with E-state index in [-0.39, 0.29) is 0 Å². The van der Waals surface area contributed by atoms with Crippen molar-refractivity contribution in [3.05, 3.63) is 150 Å². The Balaban J connectivity index is 1.60. The molecule has 0 bridgehead atoms. The highest BCUT2D eigenvalue weighted by Gasteiger charge is 2.22. The Bertz CT molecular complexity index is 1980. The molecule has 0 saturated heterocycles. The van der Waals surface area contributed by atoms with Gasteiger partial charge in [0.05, 0.1) is 28.1 Å². The minimum Gasteiger partial charge on any atom is -0.313 e. The van der Waals surface area contributed by atoms with Crippen molar-refractivity contribution in [2.75, 3.05) is 4.90 Å². The summed E-state index contributed by atoms with van der Waals surface area (Å²) < 4.78 is 5.12. The van der Waals surface area contributed by atoms with Crippen LogP contribution in [-0.4, -0.2) is 9.13 Å². The number of benzene rings is 5. The van der Waals surface area contributed by atoms with Gasteiger partial charge < -0.3 is 14.0 Å². The lowest BCUT2D eigenvalue weighted by Crippen LogP contribution is -2.12. The zero-order chi connectivity index (χ0) is 32.3. The zero-order valence-corrected chi connectivity index (χ0v) is 28.2. The first-order valence-corrected chi connectivity index (χ1v) is 17.5. The molecule has 2 heterocycles. The van der Waals surface area contributed by atoms with Crippen LogP contribution in [0.1, 0.15) is 63.1 Å². The fourth-order valence-electron chi connectivity index (χ4n) is 7.67. The molecule has 2 aromatic heterocycles. The lowest BCUT2D eigenvalue weighted by atomic mass is 10.1. The van der Waals surface area contributed by atoms with Crippen molar-refractivity contribution in [3.63, 3.8) is 0 Å². The molecule has 5 aromatic carbocycles. The summed E-state index contributed by atoms with van der Waals surface area (Å²) in [7, 11) is 0. The highest BCUT2D eigenvalue weighted by atomic mass is 15.1. The van der Waals surface area contributed by atoms with Crippen LogP contribution in [0.5, 0.6) is 0 Å². The summed E-state index contributed by atoms with van der Waals surface area (Å²) in [5, 5.41) is 2.72. The van der Waals surface area contributed by atoms with E-state index in [0.29, 0.717) is 0 Å². The minimum absolute atomic E-state index is 1.01. The van der Waals surface area contributed by atoms with Gasteiger partial charge in [0.1, 0.15) is 0 Å². The van der Waals surface area contributed by atoms with Crippen molar-refractivity contribution < 1.29 is 0 Å². The largest absolute Gasteiger partial charge is 0.313 e. The van der Waals surface area contributed by atoms with E-state index in [2.05, 4.69) is 169 Å². The van der Waals surface area contributed by atoms with Crippen LogP contribution in [0.4, 0.5) is 17.1 Å². The summed E-state index contributed by atoms with van der Waals surface area (Å²) in [6, 6.07) is 46.8. The van der Waals surface area contributed by atoms with E-state index >= 15 is 0 Å². The van der Waals surface area contributed by atoms with E-state index in [4.69, 9.17) is 0 Å². The van der Waals surface area contributed by atoms with Gasteiger partial charge in [0.25, 0.3) is 0 Å². The van der Waals surface area contributed by atoms with Crippen molar-refractivity contribution >= 4 is 38.9 Å². The van der Waals surface area contributed by atoms with Gasteiger partial charge in [-0.05, 0) is 91.4 Å². The van der Waals surface area contributed by atoms with Crippen molar-refractivity contribution in [2.24, 2.45) is 0 Å². The number of para-hydroxylation sites is 4. The van der Waals surface area contributed by atoms with Crippen LogP contribution in [0.15, 0.2) is 127 Å². The molecule has 0 amide bonds. The quantitative estimate of drug-likeness (QED) is 0.141. The topological polar surface area (TPSA) is 13.1 Å². The van der Waals surface area contributed by atoms with E-state index < -0.39 is 0 Å². The molecule has 3 nitrogen and oxygen atoms in total. The lowest BCUT2D eigenvalue weighted by molar-refractivity contribution is 0.828. The lowest BCUT2D eigenvalue weighted by Gasteiger charge is -2.27. The summed E-state index contributed by atoms with van der Waals surface area (Å²) in [4.78, 5) is 2.41. The van der Waals surface area contributed by atoms with Crippen LogP contribution < -0.4 is 4.90 Å². The van der Waals surface area contributed by atoms with Gasteiger partial charge in [-0.25, -0.2) is 0 Å². The van der Waals surface area contributed by atoms with Crippen molar-refractivity contribution in [1.82, 2.24) is 9.13 Å². The molecule has 0 unspecified atom stereocenters. The van der Waals surface area contributed by atoms with Crippen molar-refractivity contribution in [2.45, 2.75) is 66.2 Å². The van der Waals surface area contributed by atoms with Crippen LogP contribution >= 0.6 is 0 Å². The third-order valence-electron chi connectivity index (χ3n) is 9.55. The Hall–Kier alpha value is -5.02. The molecule has 236 valence electrons. The maximum atomic E-state index is 2.56. The van der Waals surface area contributed by atoms with E-state index in [9.17, 15) is 0 Å². The molecular weight excluding hydrogens is 571 g/mol. The van der Waals surface area contributed by atoms with Crippen LogP contribution in [0, 0.1) is 0 Å². The Kier molecular flexibility index (Phi) is 8.72. The first-order valence-electron chi connectivity index (χ1n) is 17.5. The maximum absolute atomic E-state index is 2.56. The fourth-order valence-corrected chi connectivity index (χ4v) is 7.67. The summed E-state index contributed by atoms with van der Waals surface area (Å²) in [6.07, 6.45) is 6.28. The molecule has 7 aromatic rings. The highest BCUT2D eigenvalue weighted by Crippen LogP contribution is 2.40. The van der Waals surface area contributed by atoms with Crippen LogP contribution in [0.2, 0.25) is 0 Å². The van der Waals surface area contributed by atoms with Crippen molar-refractivity contribution in [1.29, 1.82) is 0 Å². The summed E-state index contributed by atoms with van der Waals surface area (Å²) in [6.45, 7) is 9.19. The first-order chi connectivity index (χ1) is 23.2. The normalized spacial score (nSPS) is 11.5. The number of rotatable bonds is 11. The molecule has 7 rings (SSSR count). The molecule has 0 N–H and O–H groups in total. The Morgan fingerprint density at radius 2 is 0.851 bits per heavy atom. The number of aryl methyl sites for hydroxylation is 2. The molecule has 0 aliphatic rings. The van der Waals surface area contributed by atoms with Gasteiger partial charge >= 0.3 is 0 Å². The Morgan fingerprint density at radius 3 is 1.26 bits per heavy atom. The standard InChI is InChI=1S/C44H45N3/c1-5-19-41-37(7-3)39-25-15-17-27-43(39)46(41)35-29-34(45(32-21-11-9-12-22-32)33-23-13-10-14-24-33)30-36(31-35)47-42(20-6-2)38(8-4)40-26-16-18-28-44(40)47/h9-18,21-31H,5-8,19-20H2,1-4H3. The molecular formula is C44H45N3. The molecule has 0 aliphatic heterocycles. The summed E-state index contributed by atoms with van der Waals surface area (Å²) >= 11 is 0. The maximum Gasteiger partial charge on any atom is 0.0534 e. The van der Waals surface area contributed by atoms with Crippen LogP contribution in [0.3, 0.4) is 0 Å². The number of anilines is 3. The predicted molar refractivity (Wildman–Crippen MR) is 202 cm³/mol. The van der Waals surface area contributed by atoms with E-state index in [1.54, 1.807) is 0 Å². The number of nitrogens with zero attached hydrogens (tertiary/aromatic N) is 3. The van der Waals surface area contributed by atoms with Crippen LogP contribution in [0.25, 0.3) is 33.2 Å². The molecule has 0 fully saturated rings. The monoisotopic (exact) mass is 615 g/mol. The number of aromatic nitrogens is 2. The Labute approximate surface area is 279 Å². The molecule has 47 heavy (non-hydrogen) atoms. The third-order valence-corrected chi connectivity index (χ3v) is 9.55. The number of fused-ring (bicyclic) bond motifs is 2. The zero-order valence-electron chi connectivity index (χ0n) is 28.2. The van der Waals surface area contributed by atoms with Crippen LogP contribution in [-0.2, 0) is 25.7 Å². The van der Waals surface area contributed by atoms with Gasteiger partial charge in [-0.15, -0.1) is 0 Å². The second-order valence-electron chi connectivity index (χ2n) is 12.5. The second kappa shape index (κ2) is 13.4. The molecule has 0 atom stereocenters. The minimum atomic E-state index is 1.01. The smallest absolute Gasteiger partial charge is 0.0534 e. The van der Waals surface area contributed by atoms with Gasteiger partial charge in [-0.1, -0.05) is 113 Å². The van der Waals surface area contributed by atoms with Gasteiger partial charge in [-0.3, -0.25) is 0 Å². The second-order valence-corrected chi connectivity index (χ2v) is 12.5. The molecule has 0 aliphatic carbocycles. The third kappa shape index (κ3) is 5.44. The van der Waals surface area contributed by atoms with Crippen molar-refractivity contribution in [3.8, 4) is 11.4 Å². The SMILES string of the molecule is CCCc1c(CC)c2ccccc2n1-c1cc(N(c2ccccc2)c2ccccc2)cc(-n2c(CCC)c(CC)c3ccccc32)c1. The first kappa shape index (κ1) is 30.6. The van der Waals surface area contributed by atoms with Gasteiger partial charge in [0, 0.05) is 33.5 Å². The van der Waals surface area contributed by atoms with Gasteiger partial charge in [-0.2, -0.15) is 0 Å². The van der Waals surface area contributed by atoms with E-state index in [0.717, 1.165) is 55.6 Å². The van der Waals surface area contributed by atoms with E-state index in [1.807, 2.05) is 0 Å². The average molecular weight is 616 g/mol. The molecule has 0 saturated carbocycles.